The van der Waals surface area contributed by atoms with Gasteiger partial charge in [-0.3, -0.25) is 9.59 Å². The Kier molecular flexibility index (Phi) is 9.88. The van der Waals surface area contributed by atoms with Crippen molar-refractivity contribution in [1.82, 2.24) is 5.48 Å². The summed E-state index contributed by atoms with van der Waals surface area (Å²) in [6.07, 6.45) is -0.160. The van der Waals surface area contributed by atoms with E-state index in [1.165, 1.54) is 0 Å². The van der Waals surface area contributed by atoms with Crippen LogP contribution in [0, 0.1) is 0 Å². The summed E-state index contributed by atoms with van der Waals surface area (Å²) in [6, 6.07) is 0. The fourth-order valence-electron chi connectivity index (χ4n) is 1.21. The molecule has 0 amide bonds. The Hall–Kier alpha value is -1.23. The van der Waals surface area contributed by atoms with Gasteiger partial charge < -0.3 is 15.2 Å². The van der Waals surface area contributed by atoms with E-state index < -0.39 is 33.7 Å². The van der Waals surface area contributed by atoms with Crippen LogP contribution in [0.15, 0.2) is 0 Å². The zero-order valence-corrected chi connectivity index (χ0v) is 13.0. The monoisotopic (exact) mass is 326 g/mol. The van der Waals surface area contributed by atoms with E-state index in [-0.39, 0.29) is 26.3 Å². The van der Waals surface area contributed by atoms with E-state index in [4.69, 9.17) is 10.5 Å². The van der Waals surface area contributed by atoms with Crippen LogP contribution in [0.25, 0.3) is 0 Å². The van der Waals surface area contributed by atoms with Crippen molar-refractivity contribution in [3.8, 4) is 0 Å². The molecule has 10 heteroatoms. The molecule has 0 aromatic carbocycles. The SMILES string of the molecule is CCCOC(=O)C(CC(=O)OCC)S(=O)(=O)ONCCN. The van der Waals surface area contributed by atoms with Crippen molar-refractivity contribution in [1.29, 1.82) is 0 Å². The van der Waals surface area contributed by atoms with Crippen molar-refractivity contribution in [3.05, 3.63) is 0 Å². The predicted octanol–water partition coefficient (Wildman–Crippen LogP) is -0.929. The molecule has 124 valence electrons. The lowest BCUT2D eigenvalue weighted by molar-refractivity contribution is -0.149. The van der Waals surface area contributed by atoms with Crippen molar-refractivity contribution < 1.29 is 31.8 Å². The number of esters is 2. The van der Waals surface area contributed by atoms with Crippen molar-refractivity contribution >= 4 is 22.1 Å². The molecule has 0 bridgehead atoms. The van der Waals surface area contributed by atoms with Crippen LogP contribution in [0.5, 0.6) is 0 Å². The second kappa shape index (κ2) is 10.5. The van der Waals surface area contributed by atoms with E-state index in [9.17, 15) is 18.0 Å². The molecule has 0 rings (SSSR count). The Morgan fingerprint density at radius 1 is 1.24 bits per heavy atom. The van der Waals surface area contributed by atoms with Gasteiger partial charge in [-0.2, -0.15) is 18.2 Å². The Labute approximate surface area is 124 Å². The highest BCUT2D eigenvalue weighted by molar-refractivity contribution is 7.88. The molecule has 0 spiro atoms. The van der Waals surface area contributed by atoms with Crippen LogP contribution in [0.1, 0.15) is 26.7 Å². The van der Waals surface area contributed by atoms with Crippen LogP contribution in [-0.2, 0) is 33.5 Å². The van der Waals surface area contributed by atoms with Gasteiger partial charge in [0.15, 0.2) is 5.25 Å². The predicted molar refractivity (Wildman–Crippen MR) is 73.3 cm³/mol. The molecule has 1 atom stereocenters. The first-order valence-electron chi connectivity index (χ1n) is 6.56. The maximum Gasteiger partial charge on any atom is 0.327 e. The van der Waals surface area contributed by atoms with Gasteiger partial charge in [0.1, 0.15) is 0 Å². The number of carbonyl (C=O) groups excluding carboxylic acids is 2. The zero-order chi connectivity index (χ0) is 16.3. The minimum atomic E-state index is -4.38. The topological polar surface area (TPSA) is 134 Å². The molecule has 9 nitrogen and oxygen atoms in total. The highest BCUT2D eigenvalue weighted by atomic mass is 32.2. The average Bonchev–Trinajstić information content (AvgIpc) is 2.42. The Morgan fingerprint density at radius 3 is 2.43 bits per heavy atom. The molecule has 0 aromatic heterocycles. The standard InChI is InChI=1S/C11H22N2O7S/c1-3-7-19-11(15)9(8-10(14)18-4-2)21(16,17)20-13-6-5-12/h9,13H,3-8,12H2,1-2H3. The van der Waals surface area contributed by atoms with Gasteiger partial charge in [-0.25, -0.2) is 0 Å². The first kappa shape index (κ1) is 19.8. The molecule has 0 saturated carbocycles. The summed E-state index contributed by atoms with van der Waals surface area (Å²) in [6.45, 7) is 3.64. The molecule has 0 saturated heterocycles. The van der Waals surface area contributed by atoms with Crippen molar-refractivity contribution in [2.45, 2.75) is 31.9 Å². The average molecular weight is 326 g/mol. The molecular formula is C11H22N2O7S. The van der Waals surface area contributed by atoms with Crippen molar-refractivity contribution in [2.24, 2.45) is 5.73 Å². The van der Waals surface area contributed by atoms with Gasteiger partial charge in [-0.1, -0.05) is 6.92 Å². The van der Waals surface area contributed by atoms with E-state index in [1.807, 2.05) is 0 Å². The van der Waals surface area contributed by atoms with Gasteiger partial charge in [0.25, 0.3) is 10.1 Å². The fourth-order valence-corrected chi connectivity index (χ4v) is 2.22. The number of nitrogens with one attached hydrogen (secondary N) is 1. The number of carbonyl (C=O) groups is 2. The third-order valence-corrected chi connectivity index (χ3v) is 3.54. The van der Waals surface area contributed by atoms with Crippen molar-refractivity contribution in [3.63, 3.8) is 0 Å². The first-order chi connectivity index (χ1) is 9.88. The van der Waals surface area contributed by atoms with Gasteiger partial charge in [0.05, 0.1) is 19.6 Å². The molecular weight excluding hydrogens is 304 g/mol. The lowest BCUT2D eigenvalue weighted by Gasteiger charge is -2.15. The summed E-state index contributed by atoms with van der Waals surface area (Å²) in [5, 5.41) is -1.78. The zero-order valence-electron chi connectivity index (χ0n) is 12.2. The lowest BCUT2D eigenvalue weighted by Crippen LogP contribution is -2.39. The van der Waals surface area contributed by atoms with E-state index in [0.717, 1.165) is 0 Å². The van der Waals surface area contributed by atoms with Crippen LogP contribution in [0.2, 0.25) is 0 Å². The maximum absolute atomic E-state index is 11.9. The molecule has 0 heterocycles. The molecule has 0 aliphatic carbocycles. The van der Waals surface area contributed by atoms with Gasteiger partial charge >= 0.3 is 11.9 Å². The Balaban J connectivity index is 4.92. The molecule has 0 radical (unpaired) electrons. The van der Waals surface area contributed by atoms with Crippen LogP contribution < -0.4 is 11.2 Å². The largest absolute Gasteiger partial charge is 0.466 e. The fraction of sp³-hybridized carbons (Fsp3) is 0.818. The molecule has 0 aromatic rings. The third kappa shape index (κ3) is 7.95. The number of hydrogen-bond donors (Lipinski definition) is 2. The smallest absolute Gasteiger partial charge is 0.327 e. The number of ether oxygens (including phenoxy) is 2. The molecule has 0 aliphatic rings. The van der Waals surface area contributed by atoms with E-state index in [1.54, 1.807) is 13.8 Å². The summed E-state index contributed by atoms with van der Waals surface area (Å²) in [4.78, 5) is 23.2. The summed E-state index contributed by atoms with van der Waals surface area (Å²) < 4.78 is 37.7. The summed E-state index contributed by atoms with van der Waals surface area (Å²) in [5.41, 5.74) is 7.28. The van der Waals surface area contributed by atoms with Crippen molar-refractivity contribution in [2.75, 3.05) is 26.3 Å². The lowest BCUT2D eigenvalue weighted by atomic mass is 10.3. The molecule has 0 aliphatic heterocycles. The van der Waals surface area contributed by atoms with E-state index in [0.29, 0.717) is 6.42 Å². The maximum atomic E-state index is 11.9. The highest BCUT2D eigenvalue weighted by Gasteiger charge is 2.38. The number of rotatable bonds is 11. The van der Waals surface area contributed by atoms with E-state index in [2.05, 4.69) is 14.5 Å². The van der Waals surface area contributed by atoms with Gasteiger partial charge in [-0.05, 0) is 13.3 Å². The van der Waals surface area contributed by atoms with Gasteiger partial charge in [-0.15, -0.1) is 0 Å². The van der Waals surface area contributed by atoms with Gasteiger partial charge in [0.2, 0.25) is 0 Å². The summed E-state index contributed by atoms with van der Waals surface area (Å²) >= 11 is 0. The van der Waals surface area contributed by atoms with Crippen LogP contribution in [0.3, 0.4) is 0 Å². The second-order valence-electron chi connectivity index (χ2n) is 3.92. The number of hydroxylamine groups is 1. The molecule has 3 N–H and O–H groups in total. The van der Waals surface area contributed by atoms with Crippen LogP contribution in [-0.4, -0.2) is 51.9 Å². The Morgan fingerprint density at radius 2 is 1.90 bits per heavy atom. The van der Waals surface area contributed by atoms with E-state index >= 15 is 0 Å². The van der Waals surface area contributed by atoms with Crippen LogP contribution in [0.4, 0.5) is 0 Å². The quantitative estimate of drug-likeness (QED) is 0.280. The number of nitrogens with two attached hydrogens (primary N) is 1. The normalized spacial score (nSPS) is 12.7. The third-order valence-electron chi connectivity index (χ3n) is 2.14. The van der Waals surface area contributed by atoms with Gasteiger partial charge in [0, 0.05) is 13.1 Å². The Bertz CT molecular complexity index is 424. The second-order valence-corrected chi connectivity index (χ2v) is 5.65. The molecule has 1 unspecified atom stereocenters. The van der Waals surface area contributed by atoms with Crippen LogP contribution >= 0.6 is 0 Å². The minimum Gasteiger partial charge on any atom is -0.466 e. The number of hydrogen-bond acceptors (Lipinski definition) is 9. The molecule has 21 heavy (non-hydrogen) atoms. The molecule has 0 fully saturated rings. The highest BCUT2D eigenvalue weighted by Crippen LogP contribution is 2.12. The summed E-state index contributed by atoms with van der Waals surface area (Å²) in [7, 11) is -4.38. The summed E-state index contributed by atoms with van der Waals surface area (Å²) in [5.74, 6) is -1.89. The minimum absolute atomic E-state index is 0.0455. The first-order valence-corrected chi connectivity index (χ1v) is 8.03.